The Labute approximate surface area is 112 Å². The topological polar surface area (TPSA) is 37.8 Å². The number of hydrogen-bond acceptors (Lipinski definition) is 4. The van der Waals surface area contributed by atoms with E-state index in [9.17, 15) is 0 Å². The first-order valence-corrected chi connectivity index (χ1v) is 6.81. The molecule has 0 bridgehead atoms. The van der Waals surface area contributed by atoms with Crippen molar-refractivity contribution in [1.82, 2.24) is 9.97 Å². The molecule has 0 radical (unpaired) electrons. The van der Waals surface area contributed by atoms with Crippen molar-refractivity contribution < 1.29 is 0 Å². The Bertz CT molecular complexity index is 540. The molecule has 3 nitrogen and oxygen atoms in total. The molecule has 0 aliphatic heterocycles. The maximum absolute atomic E-state index is 4.30. The van der Waals surface area contributed by atoms with Crippen LogP contribution in [-0.4, -0.2) is 16.5 Å². The van der Waals surface area contributed by atoms with Gasteiger partial charge in [-0.2, -0.15) is 0 Å². The predicted octanol–water partition coefficient (Wildman–Crippen LogP) is 3.68. The summed E-state index contributed by atoms with van der Waals surface area (Å²) >= 11 is 1.68. The Kier molecular flexibility index (Phi) is 4.20. The molecule has 1 aromatic carbocycles. The molecule has 1 N–H and O–H groups in total. The quantitative estimate of drug-likeness (QED) is 0.850. The fourth-order valence-electron chi connectivity index (χ4n) is 1.60. The van der Waals surface area contributed by atoms with Crippen LogP contribution in [0.25, 0.3) is 0 Å². The van der Waals surface area contributed by atoms with Crippen molar-refractivity contribution in [2.45, 2.75) is 30.7 Å². The van der Waals surface area contributed by atoms with Crippen molar-refractivity contribution in [3.8, 4) is 0 Å². The first-order chi connectivity index (χ1) is 8.69. The van der Waals surface area contributed by atoms with Crippen LogP contribution in [0.1, 0.15) is 18.1 Å². The molecule has 18 heavy (non-hydrogen) atoms. The Morgan fingerprint density at radius 3 is 2.78 bits per heavy atom. The van der Waals surface area contributed by atoms with E-state index >= 15 is 0 Å². The highest BCUT2D eigenvalue weighted by Gasteiger charge is 2.04. The van der Waals surface area contributed by atoms with Gasteiger partial charge in [0, 0.05) is 17.5 Å². The number of anilines is 1. The summed E-state index contributed by atoms with van der Waals surface area (Å²) in [5.74, 6) is 0.875. The van der Waals surface area contributed by atoms with Crippen LogP contribution in [0.15, 0.2) is 40.5 Å². The van der Waals surface area contributed by atoms with Crippen LogP contribution < -0.4 is 5.32 Å². The number of aryl methyl sites for hydroxylation is 2. The molecule has 4 heteroatoms. The molecule has 94 valence electrons. The minimum absolute atomic E-state index is 0.866. The summed E-state index contributed by atoms with van der Waals surface area (Å²) in [6.45, 7) is 7.14. The number of rotatable bonds is 4. The molecule has 0 unspecified atom stereocenters. The predicted molar refractivity (Wildman–Crippen MR) is 76.2 cm³/mol. The second-order valence-corrected chi connectivity index (χ2v) is 5.21. The van der Waals surface area contributed by atoms with Gasteiger partial charge in [-0.3, -0.25) is 0 Å². The van der Waals surface area contributed by atoms with Crippen molar-refractivity contribution in [3.05, 3.63) is 41.7 Å². The lowest BCUT2D eigenvalue weighted by Gasteiger charge is -2.07. The van der Waals surface area contributed by atoms with Gasteiger partial charge in [0.25, 0.3) is 0 Å². The number of nitrogens with zero attached hydrogens (tertiary/aromatic N) is 2. The van der Waals surface area contributed by atoms with Crippen molar-refractivity contribution in [3.63, 3.8) is 0 Å². The fraction of sp³-hybridized carbons (Fsp3) is 0.286. The molecular formula is C14H17N3S. The maximum atomic E-state index is 4.30. The Balaban J connectivity index is 2.22. The third-order valence-electron chi connectivity index (χ3n) is 2.56. The van der Waals surface area contributed by atoms with E-state index in [1.165, 1.54) is 16.0 Å². The van der Waals surface area contributed by atoms with Crippen LogP contribution in [0.4, 0.5) is 5.82 Å². The van der Waals surface area contributed by atoms with Crippen LogP contribution in [0.5, 0.6) is 0 Å². The third kappa shape index (κ3) is 3.23. The summed E-state index contributed by atoms with van der Waals surface area (Å²) in [6, 6.07) is 8.44. The molecule has 1 heterocycles. The van der Waals surface area contributed by atoms with Crippen molar-refractivity contribution in [2.75, 3.05) is 11.9 Å². The zero-order valence-electron chi connectivity index (χ0n) is 10.9. The minimum Gasteiger partial charge on any atom is -0.370 e. The summed E-state index contributed by atoms with van der Waals surface area (Å²) in [7, 11) is 0. The van der Waals surface area contributed by atoms with E-state index in [1.807, 2.05) is 6.07 Å². The SMILES string of the molecule is CCNc1cc(Sc2cc(C)ccc2C)ncn1. The summed E-state index contributed by atoms with van der Waals surface area (Å²) in [6.07, 6.45) is 1.60. The summed E-state index contributed by atoms with van der Waals surface area (Å²) in [4.78, 5) is 9.72. The Hall–Kier alpha value is -1.55. The lowest BCUT2D eigenvalue weighted by Crippen LogP contribution is -1.99. The van der Waals surface area contributed by atoms with Crippen LogP contribution in [0.3, 0.4) is 0 Å². The molecule has 0 aliphatic rings. The zero-order chi connectivity index (χ0) is 13.0. The Morgan fingerprint density at radius 1 is 1.17 bits per heavy atom. The van der Waals surface area contributed by atoms with E-state index in [0.29, 0.717) is 0 Å². The Morgan fingerprint density at radius 2 is 2.00 bits per heavy atom. The van der Waals surface area contributed by atoms with Crippen LogP contribution >= 0.6 is 11.8 Å². The van der Waals surface area contributed by atoms with Gasteiger partial charge in [0.05, 0.1) is 0 Å². The average Bonchev–Trinajstić information content (AvgIpc) is 2.35. The number of benzene rings is 1. The monoisotopic (exact) mass is 259 g/mol. The molecule has 0 amide bonds. The molecule has 1 aromatic heterocycles. The van der Waals surface area contributed by atoms with E-state index < -0.39 is 0 Å². The normalized spacial score (nSPS) is 10.4. The molecule has 0 spiro atoms. The van der Waals surface area contributed by atoms with Crippen LogP contribution in [0.2, 0.25) is 0 Å². The van der Waals surface area contributed by atoms with Crippen molar-refractivity contribution >= 4 is 17.6 Å². The van der Waals surface area contributed by atoms with Crippen molar-refractivity contribution in [2.24, 2.45) is 0 Å². The standard InChI is InChI=1S/C14H17N3S/c1-4-15-13-8-14(17-9-16-13)18-12-7-10(2)5-6-11(12)3/h5-9H,4H2,1-3H3,(H,15,16,17). The molecule has 2 rings (SSSR count). The molecule has 0 aliphatic carbocycles. The average molecular weight is 259 g/mol. The van der Waals surface area contributed by atoms with Gasteiger partial charge in [0.2, 0.25) is 0 Å². The number of nitrogens with one attached hydrogen (secondary N) is 1. The number of aromatic nitrogens is 2. The van der Waals surface area contributed by atoms with E-state index in [4.69, 9.17) is 0 Å². The largest absolute Gasteiger partial charge is 0.370 e. The second kappa shape index (κ2) is 5.87. The summed E-state index contributed by atoms with van der Waals surface area (Å²) in [5, 5.41) is 4.16. The van der Waals surface area contributed by atoms with E-state index in [1.54, 1.807) is 18.1 Å². The molecule has 0 atom stereocenters. The van der Waals surface area contributed by atoms with Gasteiger partial charge < -0.3 is 5.32 Å². The van der Waals surface area contributed by atoms with Crippen molar-refractivity contribution in [1.29, 1.82) is 0 Å². The smallest absolute Gasteiger partial charge is 0.130 e. The molecule has 2 aromatic rings. The van der Waals surface area contributed by atoms with E-state index in [-0.39, 0.29) is 0 Å². The molecular weight excluding hydrogens is 242 g/mol. The van der Waals surface area contributed by atoms with Gasteiger partial charge in [0.1, 0.15) is 17.2 Å². The highest BCUT2D eigenvalue weighted by atomic mass is 32.2. The highest BCUT2D eigenvalue weighted by Crippen LogP contribution is 2.30. The third-order valence-corrected chi connectivity index (χ3v) is 3.65. The van der Waals surface area contributed by atoms with E-state index in [2.05, 4.69) is 54.3 Å². The first-order valence-electron chi connectivity index (χ1n) is 6.00. The van der Waals surface area contributed by atoms with Gasteiger partial charge in [-0.15, -0.1) is 0 Å². The lowest BCUT2D eigenvalue weighted by molar-refractivity contribution is 1.03. The van der Waals surface area contributed by atoms with E-state index in [0.717, 1.165) is 17.4 Å². The van der Waals surface area contributed by atoms with Gasteiger partial charge in [-0.25, -0.2) is 9.97 Å². The van der Waals surface area contributed by atoms with Gasteiger partial charge in [-0.1, -0.05) is 23.9 Å². The molecule has 0 fully saturated rings. The van der Waals surface area contributed by atoms with Gasteiger partial charge >= 0.3 is 0 Å². The molecule has 0 saturated carbocycles. The second-order valence-electron chi connectivity index (χ2n) is 4.14. The fourth-order valence-corrected chi connectivity index (χ4v) is 2.57. The molecule has 0 saturated heterocycles. The number of hydrogen-bond donors (Lipinski definition) is 1. The highest BCUT2D eigenvalue weighted by molar-refractivity contribution is 7.99. The first kappa shape index (κ1) is 12.9. The lowest BCUT2D eigenvalue weighted by atomic mass is 10.2. The zero-order valence-corrected chi connectivity index (χ0v) is 11.7. The summed E-state index contributed by atoms with van der Waals surface area (Å²) in [5.41, 5.74) is 2.54. The maximum Gasteiger partial charge on any atom is 0.130 e. The minimum atomic E-state index is 0.866. The van der Waals surface area contributed by atoms with Gasteiger partial charge in [0.15, 0.2) is 0 Å². The van der Waals surface area contributed by atoms with Crippen LogP contribution in [0, 0.1) is 13.8 Å². The summed E-state index contributed by atoms with van der Waals surface area (Å²) < 4.78 is 0. The van der Waals surface area contributed by atoms with Gasteiger partial charge in [-0.05, 0) is 38.0 Å². The van der Waals surface area contributed by atoms with Crippen LogP contribution in [-0.2, 0) is 0 Å².